The normalized spacial score (nSPS) is 17.6. The lowest BCUT2D eigenvalue weighted by molar-refractivity contribution is 0.558. The first-order chi connectivity index (χ1) is 9.83. The first-order valence-electron chi connectivity index (χ1n) is 7.04. The lowest BCUT2D eigenvalue weighted by atomic mass is 10.0. The Morgan fingerprint density at radius 3 is 2.85 bits per heavy atom. The van der Waals surface area contributed by atoms with Crippen LogP contribution in [0.2, 0.25) is 0 Å². The number of para-hydroxylation sites is 2. The molecule has 100 valence electrons. The van der Waals surface area contributed by atoms with Gasteiger partial charge in [-0.2, -0.15) is 0 Å². The molecule has 0 saturated heterocycles. The molecule has 0 amide bonds. The summed E-state index contributed by atoms with van der Waals surface area (Å²) >= 11 is 0. The predicted octanol–water partition coefficient (Wildman–Crippen LogP) is 2.96. The van der Waals surface area contributed by atoms with Gasteiger partial charge in [0.2, 0.25) is 0 Å². The summed E-state index contributed by atoms with van der Waals surface area (Å²) in [5.74, 6) is 1.14. The number of aromatic nitrogens is 2. The first-order valence-corrected chi connectivity index (χ1v) is 7.04. The van der Waals surface area contributed by atoms with Crippen molar-refractivity contribution in [1.82, 2.24) is 14.9 Å². The number of hydrogen-bond acceptors (Lipinski definition) is 2. The highest BCUT2D eigenvalue weighted by molar-refractivity contribution is 5.75. The van der Waals surface area contributed by atoms with Crippen LogP contribution in [0.25, 0.3) is 11.0 Å². The first kappa shape index (κ1) is 11.7. The molecule has 3 aromatic rings. The van der Waals surface area contributed by atoms with Gasteiger partial charge in [-0.05, 0) is 23.3 Å². The molecule has 0 aliphatic carbocycles. The van der Waals surface area contributed by atoms with Gasteiger partial charge in [0, 0.05) is 26.1 Å². The van der Waals surface area contributed by atoms with Crippen LogP contribution in [-0.2, 0) is 20.0 Å². The average Bonchev–Trinajstić information content (AvgIpc) is 3.03. The Hall–Kier alpha value is -2.13. The highest BCUT2D eigenvalue weighted by Gasteiger charge is 2.23. The number of nitrogens with one attached hydrogen (secondary N) is 1. The van der Waals surface area contributed by atoms with Gasteiger partial charge < -0.3 is 9.88 Å². The van der Waals surface area contributed by atoms with Crippen LogP contribution in [0.15, 0.2) is 48.5 Å². The molecule has 1 aliphatic rings. The van der Waals surface area contributed by atoms with Gasteiger partial charge in [0.05, 0.1) is 11.0 Å². The number of aryl methyl sites for hydroxylation is 1. The Kier molecular flexibility index (Phi) is 2.60. The second kappa shape index (κ2) is 4.46. The van der Waals surface area contributed by atoms with Gasteiger partial charge in [-0.1, -0.05) is 36.4 Å². The molecule has 1 N–H and O–H groups in total. The number of benzene rings is 2. The number of hydrogen-bond donors (Lipinski definition) is 1. The average molecular weight is 263 g/mol. The van der Waals surface area contributed by atoms with Crippen molar-refractivity contribution in [3.63, 3.8) is 0 Å². The minimum absolute atomic E-state index is 0.377. The van der Waals surface area contributed by atoms with Crippen LogP contribution in [0, 0.1) is 0 Å². The third-order valence-electron chi connectivity index (χ3n) is 4.24. The van der Waals surface area contributed by atoms with Gasteiger partial charge >= 0.3 is 0 Å². The van der Waals surface area contributed by atoms with Crippen LogP contribution in [0.4, 0.5) is 0 Å². The number of fused-ring (bicyclic) bond motifs is 2. The van der Waals surface area contributed by atoms with Crippen molar-refractivity contribution in [2.75, 3.05) is 0 Å². The van der Waals surface area contributed by atoms with Crippen molar-refractivity contribution in [3.05, 3.63) is 65.5 Å². The van der Waals surface area contributed by atoms with E-state index in [9.17, 15) is 0 Å². The quantitative estimate of drug-likeness (QED) is 0.770. The molecule has 1 aliphatic heterocycles. The van der Waals surface area contributed by atoms with Crippen LogP contribution in [0.5, 0.6) is 0 Å². The van der Waals surface area contributed by atoms with E-state index in [-0.39, 0.29) is 0 Å². The van der Waals surface area contributed by atoms with E-state index < -0.39 is 0 Å². The summed E-state index contributed by atoms with van der Waals surface area (Å²) in [5.41, 5.74) is 5.11. The molecule has 1 unspecified atom stereocenters. The highest BCUT2D eigenvalue weighted by atomic mass is 15.1. The summed E-state index contributed by atoms with van der Waals surface area (Å²) in [6, 6.07) is 17.4. The minimum atomic E-state index is 0.377. The topological polar surface area (TPSA) is 29.9 Å². The Balaban J connectivity index is 1.71. The number of rotatable bonds is 2. The van der Waals surface area contributed by atoms with Crippen LogP contribution in [0.1, 0.15) is 23.0 Å². The Morgan fingerprint density at radius 1 is 1.15 bits per heavy atom. The lowest BCUT2D eigenvalue weighted by Crippen LogP contribution is -2.16. The van der Waals surface area contributed by atoms with E-state index in [4.69, 9.17) is 4.98 Å². The summed E-state index contributed by atoms with van der Waals surface area (Å²) in [5, 5.41) is 3.59. The number of imidazole rings is 1. The second-order valence-electron chi connectivity index (χ2n) is 5.41. The maximum absolute atomic E-state index is 4.77. The summed E-state index contributed by atoms with van der Waals surface area (Å²) in [4.78, 5) is 4.77. The molecule has 0 spiro atoms. The fourth-order valence-corrected chi connectivity index (χ4v) is 3.12. The molecule has 1 atom stereocenters. The van der Waals surface area contributed by atoms with Crippen molar-refractivity contribution in [2.45, 2.75) is 19.0 Å². The highest BCUT2D eigenvalue weighted by Crippen LogP contribution is 2.28. The molecule has 0 radical (unpaired) electrons. The largest absolute Gasteiger partial charge is 0.331 e. The molecule has 2 aromatic carbocycles. The second-order valence-corrected chi connectivity index (χ2v) is 5.41. The van der Waals surface area contributed by atoms with Gasteiger partial charge in [0.1, 0.15) is 5.82 Å². The summed E-state index contributed by atoms with van der Waals surface area (Å²) in [6.45, 7) is 0.963. The standard InChI is InChI=1S/C17H17N3/c1-20-16-9-5-4-8-14(16)19-17(20)10-15-13-7-3-2-6-12(13)11-18-15/h2-9,15,18H,10-11H2,1H3. The van der Waals surface area contributed by atoms with E-state index in [2.05, 4.69) is 59.4 Å². The van der Waals surface area contributed by atoms with Gasteiger partial charge in [-0.3, -0.25) is 0 Å². The van der Waals surface area contributed by atoms with E-state index in [1.807, 2.05) is 6.07 Å². The molecule has 3 heteroatoms. The van der Waals surface area contributed by atoms with Gasteiger partial charge in [0.15, 0.2) is 0 Å². The Labute approximate surface area is 118 Å². The van der Waals surface area contributed by atoms with Crippen LogP contribution >= 0.6 is 0 Å². The Morgan fingerprint density at radius 2 is 1.95 bits per heavy atom. The zero-order valence-corrected chi connectivity index (χ0v) is 11.5. The molecular formula is C17H17N3. The van der Waals surface area contributed by atoms with Crippen LogP contribution in [-0.4, -0.2) is 9.55 Å². The predicted molar refractivity (Wildman–Crippen MR) is 80.4 cm³/mol. The zero-order valence-electron chi connectivity index (χ0n) is 11.5. The summed E-state index contributed by atoms with van der Waals surface area (Å²) in [6.07, 6.45) is 0.933. The molecule has 1 aromatic heterocycles. The van der Waals surface area contributed by atoms with Gasteiger partial charge in [-0.15, -0.1) is 0 Å². The van der Waals surface area contributed by atoms with E-state index in [0.29, 0.717) is 6.04 Å². The van der Waals surface area contributed by atoms with Gasteiger partial charge in [-0.25, -0.2) is 4.98 Å². The van der Waals surface area contributed by atoms with Crippen molar-refractivity contribution in [2.24, 2.45) is 7.05 Å². The minimum Gasteiger partial charge on any atom is -0.331 e. The SMILES string of the molecule is Cn1c(CC2NCc3ccccc32)nc2ccccc21. The van der Waals surface area contributed by atoms with E-state index in [1.165, 1.54) is 16.6 Å². The molecule has 4 rings (SSSR count). The van der Waals surface area contributed by atoms with E-state index >= 15 is 0 Å². The molecule has 2 heterocycles. The molecule has 0 saturated carbocycles. The van der Waals surface area contributed by atoms with Crippen molar-refractivity contribution in [1.29, 1.82) is 0 Å². The zero-order chi connectivity index (χ0) is 13.5. The maximum atomic E-state index is 4.77. The van der Waals surface area contributed by atoms with Crippen molar-refractivity contribution in [3.8, 4) is 0 Å². The smallest absolute Gasteiger partial charge is 0.111 e. The molecule has 3 nitrogen and oxygen atoms in total. The van der Waals surface area contributed by atoms with E-state index in [1.54, 1.807) is 0 Å². The molecular weight excluding hydrogens is 246 g/mol. The Bertz CT molecular complexity index is 773. The fourth-order valence-electron chi connectivity index (χ4n) is 3.12. The molecule has 20 heavy (non-hydrogen) atoms. The van der Waals surface area contributed by atoms with Crippen LogP contribution < -0.4 is 5.32 Å². The monoisotopic (exact) mass is 263 g/mol. The van der Waals surface area contributed by atoms with Crippen molar-refractivity contribution < 1.29 is 0 Å². The summed E-state index contributed by atoms with van der Waals surface area (Å²) < 4.78 is 2.21. The number of nitrogens with zero attached hydrogens (tertiary/aromatic N) is 2. The van der Waals surface area contributed by atoms with Crippen LogP contribution in [0.3, 0.4) is 0 Å². The molecule has 0 bridgehead atoms. The lowest BCUT2D eigenvalue weighted by Gasteiger charge is -2.11. The van der Waals surface area contributed by atoms with Crippen molar-refractivity contribution >= 4 is 11.0 Å². The third-order valence-corrected chi connectivity index (χ3v) is 4.24. The summed E-state index contributed by atoms with van der Waals surface area (Å²) in [7, 11) is 2.10. The maximum Gasteiger partial charge on any atom is 0.111 e. The molecule has 0 fully saturated rings. The fraction of sp³-hybridized carbons (Fsp3) is 0.235. The van der Waals surface area contributed by atoms with E-state index in [0.717, 1.165) is 24.3 Å². The van der Waals surface area contributed by atoms with Gasteiger partial charge in [0.25, 0.3) is 0 Å². The third kappa shape index (κ3) is 1.74.